The van der Waals surface area contributed by atoms with Crippen LogP contribution in [0, 0.1) is 0 Å². The van der Waals surface area contributed by atoms with Gasteiger partial charge in [0.1, 0.15) is 5.52 Å². The van der Waals surface area contributed by atoms with E-state index in [1.807, 2.05) is 12.3 Å². The fourth-order valence-corrected chi connectivity index (χ4v) is 3.54. The smallest absolute Gasteiger partial charge is 0.231 e. The number of pyridine rings is 1. The molecule has 29 heavy (non-hydrogen) atoms. The molecule has 150 valence electrons. The van der Waals surface area contributed by atoms with Crippen LogP contribution in [0.1, 0.15) is 37.2 Å². The molecule has 0 spiro atoms. The quantitative estimate of drug-likeness (QED) is 0.473. The number of H-pyrrole nitrogens is 1. The van der Waals surface area contributed by atoms with Crippen molar-refractivity contribution >= 4 is 39.5 Å². The van der Waals surface area contributed by atoms with E-state index in [0.717, 1.165) is 22.5 Å². The number of rotatable bonds is 5. The lowest BCUT2D eigenvalue weighted by Crippen LogP contribution is -2.07. The normalized spacial score (nSPS) is 15.6. The summed E-state index contributed by atoms with van der Waals surface area (Å²) < 4.78 is 0. The number of benzene rings is 1. The molecule has 2 aliphatic rings. The van der Waals surface area contributed by atoms with Gasteiger partial charge in [0.05, 0.1) is 11.8 Å². The standard InChI is InChI=1S/C20H19N7.2H2O/c1-2-11(1)14-7-8-21-16-6-5-13(9-15(14)16)25-20-26-18-17(22-10-23-18)19(27-20)24-12-3-4-12;;/h5-12H,1-4H2,(H3,22,23,24,25,26,27);2*1H2. The number of hydrogen-bond donors (Lipinski definition) is 3. The summed E-state index contributed by atoms with van der Waals surface area (Å²) in [6.45, 7) is 0. The van der Waals surface area contributed by atoms with E-state index in [2.05, 4.69) is 53.8 Å². The Balaban J connectivity index is 0.00000102. The lowest BCUT2D eigenvalue weighted by Gasteiger charge is -2.11. The Bertz CT molecular complexity index is 1170. The minimum Gasteiger partial charge on any atom is -0.412 e. The summed E-state index contributed by atoms with van der Waals surface area (Å²) in [5.74, 6) is 2.04. The maximum Gasteiger partial charge on any atom is 0.231 e. The molecule has 3 heterocycles. The summed E-state index contributed by atoms with van der Waals surface area (Å²) in [7, 11) is 0. The largest absolute Gasteiger partial charge is 0.412 e. The minimum absolute atomic E-state index is 0. The Kier molecular flexibility index (Phi) is 4.77. The van der Waals surface area contributed by atoms with Crippen molar-refractivity contribution in [3.63, 3.8) is 0 Å². The van der Waals surface area contributed by atoms with Gasteiger partial charge >= 0.3 is 0 Å². The van der Waals surface area contributed by atoms with Gasteiger partial charge in [-0.15, -0.1) is 0 Å². The second kappa shape index (κ2) is 7.26. The molecule has 0 saturated heterocycles. The maximum absolute atomic E-state index is 4.68. The lowest BCUT2D eigenvalue weighted by atomic mass is 10.0. The molecule has 0 aliphatic heterocycles. The summed E-state index contributed by atoms with van der Waals surface area (Å²) in [6, 6.07) is 8.89. The van der Waals surface area contributed by atoms with Crippen molar-refractivity contribution in [3.05, 3.63) is 42.4 Å². The molecule has 4 aromatic rings. The van der Waals surface area contributed by atoms with Gasteiger partial charge in [0.25, 0.3) is 0 Å². The molecule has 0 atom stereocenters. The summed E-state index contributed by atoms with van der Waals surface area (Å²) in [6.07, 6.45) is 8.48. The topological polar surface area (TPSA) is 154 Å². The Morgan fingerprint density at radius 1 is 0.966 bits per heavy atom. The fourth-order valence-electron chi connectivity index (χ4n) is 3.54. The summed E-state index contributed by atoms with van der Waals surface area (Å²) in [5.41, 5.74) is 4.90. The molecule has 0 radical (unpaired) electrons. The zero-order valence-electron chi connectivity index (χ0n) is 15.7. The van der Waals surface area contributed by atoms with E-state index in [-0.39, 0.29) is 11.0 Å². The van der Waals surface area contributed by atoms with Crippen molar-refractivity contribution in [3.8, 4) is 0 Å². The highest BCUT2D eigenvalue weighted by Gasteiger charge is 2.26. The first kappa shape index (κ1) is 19.0. The molecule has 7 N–H and O–H groups in total. The van der Waals surface area contributed by atoms with E-state index in [1.165, 1.54) is 36.6 Å². The number of nitrogens with zero attached hydrogens (tertiary/aromatic N) is 4. The average Bonchev–Trinajstić information content (AvgIpc) is 3.61. The Morgan fingerprint density at radius 2 is 1.83 bits per heavy atom. The van der Waals surface area contributed by atoms with Gasteiger partial charge in [-0.2, -0.15) is 9.97 Å². The number of fused-ring (bicyclic) bond motifs is 2. The van der Waals surface area contributed by atoms with Crippen molar-refractivity contribution in [1.82, 2.24) is 24.9 Å². The van der Waals surface area contributed by atoms with Crippen molar-refractivity contribution < 1.29 is 11.0 Å². The third-order valence-corrected chi connectivity index (χ3v) is 5.25. The van der Waals surface area contributed by atoms with E-state index in [1.54, 1.807) is 6.33 Å². The summed E-state index contributed by atoms with van der Waals surface area (Å²) in [5, 5.41) is 8.03. The molecule has 2 fully saturated rings. The maximum atomic E-state index is 4.68. The van der Waals surface area contributed by atoms with Crippen LogP contribution in [-0.2, 0) is 0 Å². The first-order valence-electron chi connectivity index (χ1n) is 9.47. The van der Waals surface area contributed by atoms with Crippen molar-refractivity contribution in [1.29, 1.82) is 0 Å². The van der Waals surface area contributed by atoms with Crippen molar-refractivity contribution in [2.45, 2.75) is 37.6 Å². The van der Waals surface area contributed by atoms with Crippen LogP contribution >= 0.6 is 0 Å². The highest BCUT2D eigenvalue weighted by molar-refractivity contribution is 5.88. The average molecular weight is 393 g/mol. The van der Waals surface area contributed by atoms with Crippen molar-refractivity contribution in [2.75, 3.05) is 10.6 Å². The van der Waals surface area contributed by atoms with Gasteiger partial charge < -0.3 is 26.6 Å². The SMILES string of the molecule is O.O.c1cc(C2CC2)c2cc(Nc3nc(NC4CC4)c4[nH]cnc4n3)ccc2n1. The fraction of sp³-hybridized carbons (Fsp3) is 0.300. The van der Waals surface area contributed by atoms with Crippen LogP contribution in [0.2, 0.25) is 0 Å². The Hall–Kier alpha value is -3.30. The molecule has 0 bridgehead atoms. The molecule has 9 nitrogen and oxygen atoms in total. The molecule has 9 heteroatoms. The molecule has 0 amide bonds. The molecule has 2 saturated carbocycles. The first-order chi connectivity index (χ1) is 13.3. The van der Waals surface area contributed by atoms with E-state index in [0.29, 0.717) is 23.6 Å². The van der Waals surface area contributed by atoms with Crippen LogP contribution in [0.15, 0.2) is 36.8 Å². The molecular formula is C20H23N7O2. The predicted molar refractivity (Wildman–Crippen MR) is 113 cm³/mol. The van der Waals surface area contributed by atoms with Crippen LogP contribution in [0.3, 0.4) is 0 Å². The van der Waals surface area contributed by atoms with E-state index in [9.17, 15) is 0 Å². The van der Waals surface area contributed by atoms with Gasteiger partial charge in [-0.3, -0.25) is 4.98 Å². The summed E-state index contributed by atoms with van der Waals surface area (Å²) >= 11 is 0. The highest BCUT2D eigenvalue weighted by atomic mass is 16.0. The van der Waals surface area contributed by atoms with Gasteiger partial charge in [-0.25, -0.2) is 4.98 Å². The zero-order valence-corrected chi connectivity index (χ0v) is 15.7. The molecular weight excluding hydrogens is 370 g/mol. The minimum atomic E-state index is 0. The number of anilines is 3. The zero-order chi connectivity index (χ0) is 17.8. The number of aromatic nitrogens is 5. The summed E-state index contributed by atoms with van der Waals surface area (Å²) in [4.78, 5) is 21.2. The number of aromatic amines is 1. The van der Waals surface area contributed by atoms with E-state index in [4.69, 9.17) is 0 Å². The molecule has 6 rings (SSSR count). The van der Waals surface area contributed by atoms with Crippen LogP contribution in [-0.4, -0.2) is 41.9 Å². The predicted octanol–water partition coefficient (Wildman–Crippen LogP) is 2.45. The van der Waals surface area contributed by atoms with Crippen molar-refractivity contribution in [2.24, 2.45) is 0 Å². The lowest BCUT2D eigenvalue weighted by molar-refractivity contribution is 0.823. The molecule has 0 unspecified atom stereocenters. The van der Waals surface area contributed by atoms with Crippen LogP contribution in [0.25, 0.3) is 22.1 Å². The number of imidazole rings is 1. The van der Waals surface area contributed by atoms with Gasteiger partial charge in [-0.1, -0.05) is 0 Å². The first-order valence-corrected chi connectivity index (χ1v) is 9.47. The highest BCUT2D eigenvalue weighted by Crippen LogP contribution is 2.43. The van der Waals surface area contributed by atoms with Gasteiger partial charge in [-0.05, 0) is 61.4 Å². The molecule has 2 aliphatic carbocycles. The van der Waals surface area contributed by atoms with Crippen LogP contribution in [0.4, 0.5) is 17.5 Å². The third-order valence-electron chi connectivity index (χ3n) is 5.25. The molecule has 3 aromatic heterocycles. The second-order valence-corrected chi connectivity index (χ2v) is 7.45. The van der Waals surface area contributed by atoms with Gasteiger partial charge in [0, 0.05) is 23.3 Å². The van der Waals surface area contributed by atoms with Crippen LogP contribution < -0.4 is 10.6 Å². The monoisotopic (exact) mass is 393 g/mol. The Labute approximate surface area is 166 Å². The third kappa shape index (κ3) is 3.57. The van der Waals surface area contributed by atoms with E-state index < -0.39 is 0 Å². The van der Waals surface area contributed by atoms with Gasteiger partial charge in [0.2, 0.25) is 5.95 Å². The van der Waals surface area contributed by atoms with E-state index >= 15 is 0 Å². The Morgan fingerprint density at radius 3 is 2.62 bits per heavy atom. The molecule has 1 aromatic carbocycles. The second-order valence-electron chi connectivity index (χ2n) is 7.45. The number of nitrogens with one attached hydrogen (secondary N) is 3. The van der Waals surface area contributed by atoms with Crippen LogP contribution in [0.5, 0.6) is 0 Å². The van der Waals surface area contributed by atoms with Gasteiger partial charge in [0.15, 0.2) is 11.5 Å². The number of hydrogen-bond acceptors (Lipinski definition) is 6.